The summed E-state index contributed by atoms with van der Waals surface area (Å²) in [6.07, 6.45) is 2.60. The maximum atomic E-state index is 11.6. The molecule has 2 rings (SSSR count). The van der Waals surface area contributed by atoms with Crippen molar-refractivity contribution in [3.63, 3.8) is 0 Å². The average Bonchev–Trinajstić information content (AvgIpc) is 2.99. The SMILES string of the molecule is CCOC(=O)c1cnc(Sc2ncc([N+](=O)[O-])s2)n1C. The van der Waals surface area contributed by atoms with E-state index in [9.17, 15) is 14.9 Å². The third kappa shape index (κ3) is 2.96. The Hall–Kier alpha value is -1.94. The zero-order valence-electron chi connectivity index (χ0n) is 10.6. The number of hydrogen-bond acceptors (Lipinski definition) is 8. The van der Waals surface area contributed by atoms with Crippen LogP contribution in [0.1, 0.15) is 17.4 Å². The van der Waals surface area contributed by atoms with E-state index >= 15 is 0 Å². The Kier molecular flexibility index (Phi) is 4.35. The van der Waals surface area contributed by atoms with Gasteiger partial charge in [0, 0.05) is 7.05 Å². The lowest BCUT2D eigenvalue weighted by atomic mass is 10.5. The summed E-state index contributed by atoms with van der Waals surface area (Å²) >= 11 is 2.11. The van der Waals surface area contributed by atoms with Crippen molar-refractivity contribution in [2.75, 3.05) is 6.61 Å². The van der Waals surface area contributed by atoms with Gasteiger partial charge in [0.1, 0.15) is 11.9 Å². The maximum absolute atomic E-state index is 11.6. The molecular formula is C10H10N4O4S2. The zero-order valence-corrected chi connectivity index (χ0v) is 12.2. The lowest BCUT2D eigenvalue weighted by Crippen LogP contribution is -2.09. The van der Waals surface area contributed by atoms with Gasteiger partial charge in [-0.3, -0.25) is 10.1 Å². The molecule has 0 atom stereocenters. The fourth-order valence-corrected chi connectivity index (χ4v) is 3.05. The number of ether oxygens (including phenoxy) is 1. The molecule has 106 valence electrons. The fraction of sp³-hybridized carbons (Fsp3) is 0.300. The molecule has 0 aliphatic rings. The Morgan fingerprint density at radius 2 is 2.30 bits per heavy atom. The number of carbonyl (C=O) groups is 1. The quantitative estimate of drug-likeness (QED) is 0.473. The summed E-state index contributed by atoms with van der Waals surface area (Å²) in [5.74, 6) is -0.459. The molecule has 0 aromatic carbocycles. The van der Waals surface area contributed by atoms with Gasteiger partial charge >= 0.3 is 11.0 Å². The molecule has 2 aromatic heterocycles. The molecule has 0 aliphatic heterocycles. The van der Waals surface area contributed by atoms with E-state index in [1.165, 1.54) is 12.4 Å². The van der Waals surface area contributed by atoms with Gasteiger partial charge in [0.2, 0.25) is 0 Å². The van der Waals surface area contributed by atoms with Crippen molar-refractivity contribution in [1.82, 2.24) is 14.5 Å². The molecule has 8 nitrogen and oxygen atoms in total. The van der Waals surface area contributed by atoms with Crippen molar-refractivity contribution in [2.24, 2.45) is 7.05 Å². The number of thiazole rings is 1. The largest absolute Gasteiger partial charge is 0.461 e. The number of hydrogen-bond donors (Lipinski definition) is 0. The van der Waals surface area contributed by atoms with Crippen molar-refractivity contribution >= 4 is 34.1 Å². The number of esters is 1. The Morgan fingerprint density at radius 1 is 1.55 bits per heavy atom. The Labute approximate surface area is 121 Å². The molecule has 0 saturated carbocycles. The topological polar surface area (TPSA) is 100 Å². The first-order valence-corrected chi connectivity index (χ1v) is 7.13. The van der Waals surface area contributed by atoms with Gasteiger partial charge in [0.05, 0.1) is 17.7 Å². The zero-order chi connectivity index (χ0) is 14.7. The second kappa shape index (κ2) is 6.01. The number of rotatable bonds is 5. The second-order valence-electron chi connectivity index (χ2n) is 3.53. The van der Waals surface area contributed by atoms with Gasteiger partial charge in [0.25, 0.3) is 0 Å². The molecule has 0 fully saturated rings. The molecular weight excluding hydrogens is 304 g/mol. The van der Waals surface area contributed by atoms with Crippen LogP contribution in [0.5, 0.6) is 0 Å². The molecule has 10 heteroatoms. The van der Waals surface area contributed by atoms with E-state index in [0.29, 0.717) is 15.2 Å². The summed E-state index contributed by atoms with van der Waals surface area (Å²) in [5, 5.41) is 11.1. The summed E-state index contributed by atoms with van der Waals surface area (Å²) in [5.41, 5.74) is 0.320. The van der Waals surface area contributed by atoms with Gasteiger partial charge in [-0.05, 0) is 30.0 Å². The molecule has 0 unspecified atom stereocenters. The van der Waals surface area contributed by atoms with Gasteiger partial charge in [-0.15, -0.1) is 0 Å². The van der Waals surface area contributed by atoms with Crippen LogP contribution in [0.25, 0.3) is 0 Å². The summed E-state index contributed by atoms with van der Waals surface area (Å²) in [7, 11) is 1.67. The minimum absolute atomic E-state index is 0.0349. The first kappa shape index (κ1) is 14.5. The van der Waals surface area contributed by atoms with Gasteiger partial charge in [0.15, 0.2) is 9.50 Å². The highest BCUT2D eigenvalue weighted by atomic mass is 32.2. The fourth-order valence-electron chi connectivity index (χ4n) is 1.34. The highest BCUT2D eigenvalue weighted by Gasteiger charge is 2.18. The van der Waals surface area contributed by atoms with Crippen LogP contribution in [0.4, 0.5) is 5.00 Å². The maximum Gasteiger partial charge on any atom is 0.356 e. The Balaban J connectivity index is 2.17. The molecule has 2 heterocycles. The first-order chi connectivity index (χ1) is 9.52. The van der Waals surface area contributed by atoms with E-state index in [1.54, 1.807) is 18.5 Å². The lowest BCUT2D eigenvalue weighted by molar-refractivity contribution is -0.380. The molecule has 0 amide bonds. The minimum atomic E-state index is -0.496. The molecule has 0 saturated heterocycles. The monoisotopic (exact) mass is 314 g/mol. The lowest BCUT2D eigenvalue weighted by Gasteiger charge is -2.03. The number of nitrogens with zero attached hydrogens (tertiary/aromatic N) is 4. The van der Waals surface area contributed by atoms with Crippen LogP contribution >= 0.6 is 23.1 Å². The van der Waals surface area contributed by atoms with E-state index < -0.39 is 10.9 Å². The van der Waals surface area contributed by atoms with Crippen molar-refractivity contribution < 1.29 is 14.5 Å². The van der Waals surface area contributed by atoms with E-state index in [1.807, 2.05) is 0 Å². The van der Waals surface area contributed by atoms with E-state index in [4.69, 9.17) is 4.74 Å². The highest BCUT2D eigenvalue weighted by Crippen LogP contribution is 2.33. The Morgan fingerprint density at radius 3 is 2.90 bits per heavy atom. The van der Waals surface area contributed by atoms with Gasteiger partial charge < -0.3 is 9.30 Å². The Bertz CT molecular complexity index is 651. The first-order valence-electron chi connectivity index (χ1n) is 5.49. The van der Waals surface area contributed by atoms with E-state index in [-0.39, 0.29) is 11.6 Å². The number of nitro groups is 1. The van der Waals surface area contributed by atoms with Crippen molar-refractivity contribution in [3.8, 4) is 0 Å². The molecule has 0 aliphatic carbocycles. The molecule has 0 N–H and O–H groups in total. The van der Waals surface area contributed by atoms with Crippen LogP contribution in [0.3, 0.4) is 0 Å². The number of carbonyl (C=O) groups excluding carboxylic acids is 1. The summed E-state index contributed by atoms with van der Waals surface area (Å²) < 4.78 is 6.95. The molecule has 0 bridgehead atoms. The van der Waals surface area contributed by atoms with Crippen LogP contribution in [0, 0.1) is 10.1 Å². The number of aromatic nitrogens is 3. The second-order valence-corrected chi connectivity index (χ2v) is 5.75. The standard InChI is InChI=1S/C10H10N4O4S2/c1-3-18-8(15)6-4-11-9(13(6)2)20-10-12-5-7(19-10)14(16)17/h4-5H,3H2,1-2H3. The van der Waals surface area contributed by atoms with Crippen molar-refractivity contribution in [1.29, 1.82) is 0 Å². The van der Waals surface area contributed by atoms with Gasteiger partial charge in [-0.2, -0.15) is 0 Å². The normalized spacial score (nSPS) is 10.5. The smallest absolute Gasteiger partial charge is 0.356 e. The van der Waals surface area contributed by atoms with Crippen LogP contribution in [0.2, 0.25) is 0 Å². The number of imidazole rings is 1. The predicted octanol–water partition coefficient (Wildman–Crippen LogP) is 2.11. The average molecular weight is 314 g/mol. The van der Waals surface area contributed by atoms with Gasteiger partial charge in [-0.25, -0.2) is 14.8 Å². The molecule has 2 aromatic rings. The third-order valence-electron chi connectivity index (χ3n) is 2.26. The molecule has 0 spiro atoms. The highest BCUT2D eigenvalue weighted by molar-refractivity contribution is 8.00. The van der Waals surface area contributed by atoms with E-state index in [0.717, 1.165) is 23.1 Å². The molecule has 20 heavy (non-hydrogen) atoms. The van der Waals surface area contributed by atoms with Crippen LogP contribution in [-0.2, 0) is 11.8 Å². The van der Waals surface area contributed by atoms with Crippen LogP contribution in [0.15, 0.2) is 21.9 Å². The molecule has 0 radical (unpaired) electrons. The summed E-state index contributed by atoms with van der Waals surface area (Å²) in [6.45, 7) is 2.00. The van der Waals surface area contributed by atoms with E-state index in [2.05, 4.69) is 9.97 Å². The van der Waals surface area contributed by atoms with Crippen LogP contribution in [-0.4, -0.2) is 32.0 Å². The van der Waals surface area contributed by atoms with Crippen molar-refractivity contribution in [2.45, 2.75) is 16.4 Å². The summed E-state index contributed by atoms with van der Waals surface area (Å²) in [6, 6.07) is 0. The van der Waals surface area contributed by atoms with Crippen LogP contribution < -0.4 is 0 Å². The van der Waals surface area contributed by atoms with Crippen molar-refractivity contribution in [3.05, 3.63) is 28.2 Å². The predicted molar refractivity (Wildman–Crippen MR) is 72.1 cm³/mol. The minimum Gasteiger partial charge on any atom is -0.461 e. The summed E-state index contributed by atoms with van der Waals surface area (Å²) in [4.78, 5) is 29.7. The van der Waals surface area contributed by atoms with Gasteiger partial charge in [-0.1, -0.05) is 0 Å². The third-order valence-corrected chi connectivity index (χ3v) is 4.35.